The summed E-state index contributed by atoms with van der Waals surface area (Å²) in [5.74, 6) is 0.875. The molecule has 180 valence electrons. The van der Waals surface area contributed by atoms with Crippen LogP contribution in [0.5, 0.6) is 5.75 Å². The van der Waals surface area contributed by atoms with E-state index in [1.165, 1.54) is 12.8 Å². The van der Waals surface area contributed by atoms with Gasteiger partial charge in [0, 0.05) is 11.4 Å². The van der Waals surface area contributed by atoms with Crippen molar-refractivity contribution in [2.75, 3.05) is 13.2 Å². The lowest BCUT2D eigenvalue weighted by Gasteiger charge is -2.23. The number of carbonyl (C=O) groups excluding carboxylic acids is 1. The molecular weight excluding hydrogens is 448 g/mol. The highest BCUT2D eigenvalue weighted by atomic mass is 35.5. The molecule has 2 heterocycles. The first kappa shape index (κ1) is 24.5. The van der Waals surface area contributed by atoms with Crippen LogP contribution in [0.25, 0.3) is 10.9 Å². The number of rotatable bonds is 8. The fourth-order valence-electron chi connectivity index (χ4n) is 5.18. The third kappa shape index (κ3) is 5.89. The number of halogens is 1. The highest BCUT2D eigenvalue weighted by molar-refractivity contribution is 5.85. The van der Waals surface area contributed by atoms with Crippen molar-refractivity contribution in [1.82, 2.24) is 10.3 Å². The third-order valence-corrected chi connectivity index (χ3v) is 7.00. The number of ether oxygens (including phenoxy) is 2. The van der Waals surface area contributed by atoms with Crippen LogP contribution in [0.2, 0.25) is 0 Å². The smallest absolute Gasteiger partial charge is 0.313 e. The molecule has 5 nitrogen and oxygen atoms in total. The Morgan fingerprint density at radius 1 is 0.971 bits per heavy atom. The van der Waals surface area contributed by atoms with E-state index in [4.69, 9.17) is 9.47 Å². The lowest BCUT2D eigenvalue weighted by molar-refractivity contribution is -0.147. The molecule has 0 radical (unpaired) electrons. The number of pyridine rings is 1. The number of aromatic nitrogens is 1. The first-order chi connectivity index (χ1) is 16.3. The summed E-state index contributed by atoms with van der Waals surface area (Å²) < 4.78 is 11.8. The van der Waals surface area contributed by atoms with Gasteiger partial charge in [-0.1, -0.05) is 49.2 Å². The van der Waals surface area contributed by atoms with Crippen LogP contribution in [0.1, 0.15) is 55.7 Å². The molecule has 3 aromatic rings. The molecule has 2 aliphatic rings. The van der Waals surface area contributed by atoms with E-state index in [9.17, 15) is 4.79 Å². The average Bonchev–Trinajstić information content (AvgIpc) is 3.57. The highest BCUT2D eigenvalue weighted by Crippen LogP contribution is 2.38. The van der Waals surface area contributed by atoms with Gasteiger partial charge in [0.15, 0.2) is 0 Å². The van der Waals surface area contributed by atoms with Crippen molar-refractivity contribution in [2.45, 2.75) is 57.1 Å². The van der Waals surface area contributed by atoms with Crippen LogP contribution in [-0.4, -0.2) is 30.1 Å². The lowest BCUT2D eigenvalue weighted by atomic mass is 9.85. The second-order valence-corrected chi connectivity index (χ2v) is 9.30. The number of hydrogen-bond acceptors (Lipinski definition) is 5. The predicted molar refractivity (Wildman–Crippen MR) is 136 cm³/mol. The molecule has 0 spiro atoms. The van der Waals surface area contributed by atoms with Crippen LogP contribution >= 0.6 is 12.4 Å². The van der Waals surface area contributed by atoms with Gasteiger partial charge in [0.2, 0.25) is 0 Å². The molecule has 6 heteroatoms. The van der Waals surface area contributed by atoms with Crippen molar-refractivity contribution >= 4 is 29.3 Å². The standard InChI is InChI=1S/C28H32N2O3.ClH/c31-28(33-18-23-9-5-17-29-23)27(21-7-1-2-8-21)22-12-15-25(16-13-22)32-19-24-14-11-20-6-3-4-10-26(20)30-24;/h3-4,6,10-16,21,23,27,29H,1-2,5,7-9,17-19H2;1H. The Hall–Kier alpha value is -2.63. The van der Waals surface area contributed by atoms with Crippen LogP contribution in [0, 0.1) is 5.92 Å². The molecule has 1 saturated heterocycles. The Bertz CT molecular complexity index is 1080. The van der Waals surface area contributed by atoms with E-state index in [-0.39, 0.29) is 24.3 Å². The molecule has 1 N–H and O–H groups in total. The van der Waals surface area contributed by atoms with Crippen molar-refractivity contribution in [3.05, 3.63) is 71.9 Å². The molecule has 1 saturated carbocycles. The number of carbonyl (C=O) groups is 1. The van der Waals surface area contributed by atoms with Crippen LogP contribution < -0.4 is 10.1 Å². The average molecular weight is 481 g/mol. The maximum atomic E-state index is 13.1. The molecule has 2 aromatic carbocycles. The topological polar surface area (TPSA) is 60.5 Å². The summed E-state index contributed by atoms with van der Waals surface area (Å²) in [4.78, 5) is 17.8. The van der Waals surface area contributed by atoms with Gasteiger partial charge in [-0.05, 0) is 68.0 Å². The normalized spacial score (nSPS) is 19.0. The van der Waals surface area contributed by atoms with Gasteiger partial charge in [0.1, 0.15) is 19.0 Å². The number of hydrogen-bond donors (Lipinski definition) is 1. The number of esters is 1. The molecule has 34 heavy (non-hydrogen) atoms. The van der Waals surface area contributed by atoms with Crippen molar-refractivity contribution in [2.24, 2.45) is 5.92 Å². The van der Waals surface area contributed by atoms with E-state index in [0.29, 0.717) is 25.2 Å². The quantitative estimate of drug-likeness (QED) is 0.412. The van der Waals surface area contributed by atoms with Gasteiger partial charge in [-0.15, -0.1) is 12.4 Å². The minimum atomic E-state index is -0.190. The molecular formula is C28H33ClN2O3. The molecule has 1 aliphatic heterocycles. The summed E-state index contributed by atoms with van der Waals surface area (Å²) in [5, 5.41) is 4.53. The van der Waals surface area contributed by atoms with Gasteiger partial charge in [-0.25, -0.2) is 4.98 Å². The summed E-state index contributed by atoms with van der Waals surface area (Å²) in [7, 11) is 0. The number of fused-ring (bicyclic) bond motifs is 1. The van der Waals surface area contributed by atoms with Crippen LogP contribution in [-0.2, 0) is 16.1 Å². The number of nitrogens with zero attached hydrogens (tertiary/aromatic N) is 1. The minimum absolute atomic E-state index is 0. The molecule has 5 rings (SSSR count). The van der Waals surface area contributed by atoms with E-state index in [1.807, 2.05) is 48.5 Å². The Morgan fingerprint density at radius 2 is 1.76 bits per heavy atom. The van der Waals surface area contributed by atoms with E-state index >= 15 is 0 Å². The van der Waals surface area contributed by atoms with Gasteiger partial charge >= 0.3 is 5.97 Å². The largest absolute Gasteiger partial charge is 0.487 e. The Balaban J connectivity index is 0.00000274. The second kappa shape index (κ2) is 11.7. The fourth-order valence-corrected chi connectivity index (χ4v) is 5.18. The van der Waals surface area contributed by atoms with Gasteiger partial charge in [-0.3, -0.25) is 4.79 Å². The summed E-state index contributed by atoms with van der Waals surface area (Å²) in [6.07, 6.45) is 6.81. The first-order valence-electron chi connectivity index (χ1n) is 12.2. The maximum Gasteiger partial charge on any atom is 0.313 e. The van der Waals surface area contributed by atoms with Crippen molar-refractivity contribution in [3.63, 3.8) is 0 Å². The SMILES string of the molecule is Cl.O=C(OCC1CCCN1)C(c1ccc(OCc2ccc3ccccc3n2)cc1)C1CCCC1. The zero-order chi connectivity index (χ0) is 22.5. The van der Waals surface area contributed by atoms with E-state index in [2.05, 4.69) is 22.4 Å². The Kier molecular flexibility index (Phi) is 8.41. The van der Waals surface area contributed by atoms with E-state index in [1.54, 1.807) is 0 Å². The molecule has 2 unspecified atom stereocenters. The summed E-state index contributed by atoms with van der Waals surface area (Å²) in [6.45, 7) is 1.90. The second-order valence-electron chi connectivity index (χ2n) is 9.30. The zero-order valence-corrected chi connectivity index (χ0v) is 20.3. The van der Waals surface area contributed by atoms with E-state index < -0.39 is 0 Å². The molecule has 0 amide bonds. The van der Waals surface area contributed by atoms with Gasteiger partial charge < -0.3 is 14.8 Å². The van der Waals surface area contributed by atoms with Crippen LogP contribution in [0.4, 0.5) is 0 Å². The first-order valence-corrected chi connectivity index (χ1v) is 12.2. The Labute approximate surface area is 207 Å². The maximum absolute atomic E-state index is 13.1. The Morgan fingerprint density at radius 3 is 2.53 bits per heavy atom. The minimum Gasteiger partial charge on any atom is -0.487 e. The summed E-state index contributed by atoms with van der Waals surface area (Å²) in [6, 6.07) is 20.4. The van der Waals surface area contributed by atoms with Gasteiger partial charge in [-0.2, -0.15) is 0 Å². The van der Waals surface area contributed by atoms with Crippen LogP contribution in [0.15, 0.2) is 60.7 Å². The number of benzene rings is 2. The number of para-hydroxylation sites is 1. The molecule has 2 fully saturated rings. The third-order valence-electron chi connectivity index (χ3n) is 7.00. The van der Waals surface area contributed by atoms with Crippen LogP contribution in [0.3, 0.4) is 0 Å². The van der Waals surface area contributed by atoms with E-state index in [0.717, 1.165) is 60.1 Å². The molecule has 2 atom stereocenters. The molecule has 1 aliphatic carbocycles. The van der Waals surface area contributed by atoms with Crippen molar-refractivity contribution < 1.29 is 14.3 Å². The summed E-state index contributed by atoms with van der Waals surface area (Å²) >= 11 is 0. The van der Waals surface area contributed by atoms with Crippen molar-refractivity contribution in [3.8, 4) is 5.75 Å². The highest BCUT2D eigenvalue weighted by Gasteiger charge is 2.33. The monoisotopic (exact) mass is 480 g/mol. The fraction of sp³-hybridized carbons (Fsp3) is 0.429. The zero-order valence-electron chi connectivity index (χ0n) is 19.4. The molecule has 0 bridgehead atoms. The van der Waals surface area contributed by atoms with Crippen molar-refractivity contribution in [1.29, 1.82) is 0 Å². The van der Waals surface area contributed by atoms with Gasteiger partial charge in [0.05, 0.1) is 17.1 Å². The molecule has 1 aromatic heterocycles. The number of nitrogens with one attached hydrogen (secondary N) is 1. The summed E-state index contributed by atoms with van der Waals surface area (Å²) in [5.41, 5.74) is 2.90. The van der Waals surface area contributed by atoms with Gasteiger partial charge in [0.25, 0.3) is 0 Å². The lowest BCUT2D eigenvalue weighted by Crippen LogP contribution is -2.31. The predicted octanol–water partition coefficient (Wildman–Crippen LogP) is 5.80.